The summed E-state index contributed by atoms with van der Waals surface area (Å²) >= 11 is 3.35. The number of rotatable bonds is 1. The fourth-order valence-electron chi connectivity index (χ4n) is 1.96. The van der Waals surface area contributed by atoms with Crippen molar-refractivity contribution < 1.29 is 4.42 Å². The van der Waals surface area contributed by atoms with E-state index in [9.17, 15) is 0 Å². The summed E-state index contributed by atoms with van der Waals surface area (Å²) in [5.41, 5.74) is 3.29. The van der Waals surface area contributed by atoms with Crippen LogP contribution in [0.1, 0.15) is 5.56 Å². The third kappa shape index (κ3) is 1.54. The van der Waals surface area contributed by atoms with E-state index in [-0.39, 0.29) is 0 Å². The quantitative estimate of drug-likeness (QED) is 0.691. The summed E-state index contributed by atoms with van der Waals surface area (Å²) in [6.45, 7) is 0. The zero-order chi connectivity index (χ0) is 12.7. The first-order valence-corrected chi connectivity index (χ1v) is 6.10. The van der Waals surface area contributed by atoms with E-state index in [1.54, 1.807) is 18.4 Å². The molecule has 18 heavy (non-hydrogen) atoms. The van der Waals surface area contributed by atoms with Crippen LogP contribution in [0.5, 0.6) is 0 Å². The zero-order valence-electron chi connectivity index (χ0n) is 9.51. The van der Waals surface area contributed by atoms with E-state index in [0.717, 1.165) is 22.4 Å². The molecular weight excluding hydrogens is 294 g/mol. The molecule has 0 aliphatic rings. The van der Waals surface area contributed by atoms with Gasteiger partial charge in [0, 0.05) is 7.05 Å². The second-order valence-electron chi connectivity index (χ2n) is 3.92. The average molecular weight is 302 g/mol. The van der Waals surface area contributed by atoms with Gasteiger partial charge >= 0.3 is 0 Å². The van der Waals surface area contributed by atoms with Gasteiger partial charge in [-0.1, -0.05) is 0 Å². The Morgan fingerprint density at radius 2 is 2.22 bits per heavy atom. The lowest BCUT2D eigenvalue weighted by molar-refractivity contribution is 0.542. The maximum absolute atomic E-state index is 8.89. The third-order valence-corrected chi connectivity index (χ3v) is 3.48. The number of aryl methyl sites for hydroxylation is 1. The van der Waals surface area contributed by atoms with Crippen molar-refractivity contribution >= 4 is 27.0 Å². The van der Waals surface area contributed by atoms with Crippen LogP contribution in [0.3, 0.4) is 0 Å². The van der Waals surface area contributed by atoms with E-state index < -0.39 is 0 Å². The molecule has 0 atom stereocenters. The molecule has 0 aliphatic carbocycles. The molecular formula is C13H8BrN3O. The van der Waals surface area contributed by atoms with Crippen molar-refractivity contribution in [3.63, 3.8) is 0 Å². The number of hydrogen-bond donors (Lipinski definition) is 0. The van der Waals surface area contributed by atoms with Crippen LogP contribution in [-0.2, 0) is 7.05 Å². The second-order valence-corrected chi connectivity index (χ2v) is 4.64. The molecule has 2 heterocycles. The van der Waals surface area contributed by atoms with Crippen LogP contribution in [0.2, 0.25) is 0 Å². The van der Waals surface area contributed by atoms with Crippen LogP contribution in [-0.4, -0.2) is 9.55 Å². The minimum Gasteiger partial charge on any atom is -0.457 e. The zero-order valence-corrected chi connectivity index (χ0v) is 11.1. The second kappa shape index (κ2) is 4.00. The molecule has 3 aromatic rings. The summed E-state index contributed by atoms with van der Waals surface area (Å²) in [7, 11) is 1.94. The molecule has 1 aromatic carbocycles. The van der Waals surface area contributed by atoms with E-state index in [1.807, 2.05) is 23.7 Å². The maximum atomic E-state index is 8.89. The maximum Gasteiger partial charge on any atom is 0.179 e. The summed E-state index contributed by atoms with van der Waals surface area (Å²) in [6.07, 6.45) is 1.61. The molecule has 3 rings (SSSR count). The highest BCUT2D eigenvalue weighted by atomic mass is 79.9. The lowest BCUT2D eigenvalue weighted by Gasteiger charge is -1.99. The first-order chi connectivity index (χ1) is 8.70. The lowest BCUT2D eigenvalue weighted by Crippen LogP contribution is -1.91. The Hall–Kier alpha value is -2.06. The number of nitrogens with zero attached hydrogens (tertiary/aromatic N) is 3. The molecule has 0 saturated carbocycles. The van der Waals surface area contributed by atoms with Crippen LogP contribution in [0, 0.1) is 11.3 Å². The van der Waals surface area contributed by atoms with Gasteiger partial charge in [-0.15, -0.1) is 0 Å². The Labute approximate surface area is 112 Å². The Bertz CT molecular complexity index is 779. The standard InChI is InChI=1S/C13H8BrN3O/c1-17-11-3-2-8(7-15)6-10(11)16-13(17)9-4-5-18-12(9)14/h2-6H,1H3. The number of benzene rings is 1. The van der Waals surface area contributed by atoms with Crippen molar-refractivity contribution in [1.82, 2.24) is 9.55 Å². The predicted octanol–water partition coefficient (Wildman–Crippen LogP) is 3.47. The Kier molecular flexibility index (Phi) is 2.46. The van der Waals surface area contributed by atoms with Gasteiger partial charge in [0.15, 0.2) is 4.67 Å². The van der Waals surface area contributed by atoms with Crippen molar-refractivity contribution in [2.75, 3.05) is 0 Å². The molecule has 88 valence electrons. The molecule has 0 fully saturated rings. The van der Waals surface area contributed by atoms with Crippen LogP contribution in [0.4, 0.5) is 0 Å². The molecule has 0 unspecified atom stereocenters. The van der Waals surface area contributed by atoms with Crippen molar-refractivity contribution in [3.05, 3.63) is 40.8 Å². The van der Waals surface area contributed by atoms with Gasteiger partial charge in [-0.3, -0.25) is 0 Å². The number of fused-ring (bicyclic) bond motifs is 1. The molecule has 0 radical (unpaired) electrons. The fraction of sp³-hybridized carbons (Fsp3) is 0.0769. The van der Waals surface area contributed by atoms with Crippen LogP contribution in [0.15, 0.2) is 39.6 Å². The van der Waals surface area contributed by atoms with Crippen molar-refractivity contribution in [1.29, 1.82) is 5.26 Å². The molecule has 4 nitrogen and oxygen atoms in total. The fourth-order valence-corrected chi connectivity index (χ4v) is 2.38. The lowest BCUT2D eigenvalue weighted by atomic mass is 10.2. The van der Waals surface area contributed by atoms with Gasteiger partial charge in [0.2, 0.25) is 0 Å². The summed E-state index contributed by atoms with van der Waals surface area (Å²) in [4.78, 5) is 4.55. The smallest absolute Gasteiger partial charge is 0.179 e. The number of imidazole rings is 1. The highest BCUT2D eigenvalue weighted by Crippen LogP contribution is 2.30. The molecule has 0 N–H and O–H groups in total. The first kappa shape index (κ1) is 11.1. The Morgan fingerprint density at radius 1 is 1.39 bits per heavy atom. The first-order valence-electron chi connectivity index (χ1n) is 5.30. The van der Waals surface area contributed by atoms with E-state index in [2.05, 4.69) is 27.0 Å². The van der Waals surface area contributed by atoms with Crippen LogP contribution >= 0.6 is 15.9 Å². The normalized spacial score (nSPS) is 10.7. The Morgan fingerprint density at radius 3 is 2.89 bits per heavy atom. The summed E-state index contributed by atoms with van der Waals surface area (Å²) < 4.78 is 7.86. The van der Waals surface area contributed by atoms with Gasteiger partial charge in [0.25, 0.3) is 0 Å². The molecule has 0 spiro atoms. The highest BCUT2D eigenvalue weighted by Gasteiger charge is 2.14. The van der Waals surface area contributed by atoms with Crippen LogP contribution in [0.25, 0.3) is 22.4 Å². The van der Waals surface area contributed by atoms with Gasteiger partial charge in [-0.2, -0.15) is 5.26 Å². The number of furan rings is 1. The molecule has 0 saturated heterocycles. The number of halogens is 1. The summed E-state index contributed by atoms with van der Waals surface area (Å²) in [5.74, 6) is 0.806. The summed E-state index contributed by atoms with van der Waals surface area (Å²) in [5, 5.41) is 8.89. The third-order valence-electron chi connectivity index (χ3n) is 2.87. The van der Waals surface area contributed by atoms with Crippen molar-refractivity contribution in [2.24, 2.45) is 7.05 Å². The van der Waals surface area contributed by atoms with Gasteiger partial charge in [0.1, 0.15) is 5.82 Å². The van der Waals surface area contributed by atoms with E-state index in [0.29, 0.717) is 10.2 Å². The van der Waals surface area contributed by atoms with Gasteiger partial charge in [-0.05, 0) is 40.2 Å². The minimum absolute atomic E-state index is 0.610. The van der Waals surface area contributed by atoms with Crippen molar-refractivity contribution in [3.8, 4) is 17.5 Å². The molecule has 0 aliphatic heterocycles. The molecule has 0 amide bonds. The summed E-state index contributed by atoms with van der Waals surface area (Å²) in [6, 6.07) is 9.45. The van der Waals surface area contributed by atoms with Gasteiger partial charge < -0.3 is 8.98 Å². The SMILES string of the molecule is Cn1c(-c2ccoc2Br)nc2cc(C#N)ccc21. The number of aromatic nitrogens is 2. The minimum atomic E-state index is 0.610. The van der Waals surface area contributed by atoms with Gasteiger partial charge in [-0.25, -0.2) is 4.98 Å². The van der Waals surface area contributed by atoms with E-state index >= 15 is 0 Å². The van der Waals surface area contributed by atoms with E-state index in [1.165, 1.54) is 0 Å². The number of hydrogen-bond acceptors (Lipinski definition) is 3. The molecule has 2 aromatic heterocycles. The van der Waals surface area contributed by atoms with Gasteiger partial charge in [0.05, 0.1) is 34.5 Å². The highest BCUT2D eigenvalue weighted by molar-refractivity contribution is 9.10. The van der Waals surface area contributed by atoms with Crippen LogP contribution < -0.4 is 0 Å². The average Bonchev–Trinajstić information content (AvgIpc) is 2.93. The molecule has 0 bridgehead atoms. The monoisotopic (exact) mass is 301 g/mol. The number of nitriles is 1. The largest absolute Gasteiger partial charge is 0.457 e. The molecule has 5 heteroatoms. The topological polar surface area (TPSA) is 54.8 Å². The van der Waals surface area contributed by atoms with E-state index in [4.69, 9.17) is 9.68 Å². The van der Waals surface area contributed by atoms with Crippen molar-refractivity contribution in [2.45, 2.75) is 0 Å². The predicted molar refractivity (Wildman–Crippen MR) is 70.8 cm³/mol. The Balaban J connectivity index is 2.30.